The van der Waals surface area contributed by atoms with Crippen molar-refractivity contribution in [1.29, 1.82) is 0 Å². The van der Waals surface area contributed by atoms with Crippen molar-refractivity contribution in [2.45, 2.75) is 39.3 Å². The molecule has 186 valence electrons. The van der Waals surface area contributed by atoms with Crippen LogP contribution in [-0.2, 0) is 9.53 Å². The third-order valence-corrected chi connectivity index (χ3v) is 6.15. The molecule has 2 aliphatic rings. The van der Waals surface area contributed by atoms with Crippen molar-refractivity contribution >= 4 is 29.6 Å². The van der Waals surface area contributed by atoms with Crippen LogP contribution in [0.1, 0.15) is 39.3 Å². The highest BCUT2D eigenvalue weighted by molar-refractivity contribution is 6.31. The lowest BCUT2D eigenvalue weighted by Gasteiger charge is -2.40. The molecular weight excluding hydrogens is 458 g/mol. The predicted molar refractivity (Wildman–Crippen MR) is 130 cm³/mol. The molecule has 1 unspecified atom stereocenters. The summed E-state index contributed by atoms with van der Waals surface area (Å²) in [6.07, 6.45) is 0. The number of carbonyl (C=O) groups excluding carboxylic acids is 3. The molecule has 0 spiro atoms. The third kappa shape index (κ3) is 6.01. The van der Waals surface area contributed by atoms with Crippen LogP contribution >= 0.6 is 11.6 Å². The third-order valence-electron chi connectivity index (χ3n) is 5.80. The molecule has 2 N–H and O–H groups in total. The Morgan fingerprint density at radius 1 is 1.18 bits per heavy atom. The first kappa shape index (κ1) is 25.8. The van der Waals surface area contributed by atoms with Crippen molar-refractivity contribution in [3.8, 4) is 0 Å². The maximum atomic E-state index is 13.1. The fourth-order valence-electron chi connectivity index (χ4n) is 4.06. The minimum Gasteiger partial charge on any atom is -0.463 e. The van der Waals surface area contributed by atoms with E-state index in [0.717, 1.165) is 0 Å². The molecule has 2 heterocycles. The number of ether oxygens (including phenoxy) is 1. The Balaban J connectivity index is 1.86. The van der Waals surface area contributed by atoms with Crippen LogP contribution < -0.4 is 10.6 Å². The zero-order valence-electron chi connectivity index (χ0n) is 20.5. The largest absolute Gasteiger partial charge is 0.463 e. The van der Waals surface area contributed by atoms with Gasteiger partial charge in [-0.3, -0.25) is 9.80 Å². The average Bonchev–Trinajstić information content (AvgIpc) is 2.76. The summed E-state index contributed by atoms with van der Waals surface area (Å²) in [5.41, 5.74) is 1.26. The number of amides is 4. The number of benzene rings is 1. The number of nitrogens with one attached hydrogen (secondary N) is 2. The lowest BCUT2D eigenvalue weighted by molar-refractivity contribution is -0.139. The SMILES string of the molecule is CCOC(=O)C1=C(CN2CCN(C(=O)NC(C)(C)C)CC2)N(C)C(=O)NC1c1ccccc1Cl. The van der Waals surface area contributed by atoms with Gasteiger partial charge in [0.2, 0.25) is 0 Å². The van der Waals surface area contributed by atoms with Gasteiger partial charge in [0.05, 0.1) is 18.2 Å². The first-order valence-corrected chi connectivity index (χ1v) is 11.9. The van der Waals surface area contributed by atoms with Crippen molar-refractivity contribution in [3.05, 3.63) is 46.1 Å². The Morgan fingerprint density at radius 2 is 1.82 bits per heavy atom. The predicted octanol–water partition coefficient (Wildman–Crippen LogP) is 2.98. The van der Waals surface area contributed by atoms with Crippen molar-refractivity contribution in [2.24, 2.45) is 0 Å². The highest BCUT2D eigenvalue weighted by Crippen LogP contribution is 2.34. The fraction of sp³-hybridized carbons (Fsp3) is 0.542. The molecule has 9 nitrogen and oxygen atoms in total. The van der Waals surface area contributed by atoms with E-state index < -0.39 is 12.0 Å². The van der Waals surface area contributed by atoms with Gasteiger partial charge in [-0.25, -0.2) is 14.4 Å². The van der Waals surface area contributed by atoms with Gasteiger partial charge >= 0.3 is 18.0 Å². The minimum absolute atomic E-state index is 0.0912. The highest BCUT2D eigenvalue weighted by atomic mass is 35.5. The summed E-state index contributed by atoms with van der Waals surface area (Å²) in [5.74, 6) is -0.488. The first-order chi connectivity index (χ1) is 16.0. The quantitative estimate of drug-likeness (QED) is 0.617. The summed E-state index contributed by atoms with van der Waals surface area (Å²) >= 11 is 6.43. The first-order valence-electron chi connectivity index (χ1n) is 11.5. The van der Waals surface area contributed by atoms with E-state index in [1.165, 1.54) is 4.90 Å². The Morgan fingerprint density at radius 3 is 2.41 bits per heavy atom. The zero-order valence-corrected chi connectivity index (χ0v) is 21.2. The van der Waals surface area contributed by atoms with Gasteiger partial charge in [0, 0.05) is 56.0 Å². The highest BCUT2D eigenvalue weighted by Gasteiger charge is 2.38. The number of urea groups is 2. The Hall–Kier alpha value is -2.78. The maximum Gasteiger partial charge on any atom is 0.338 e. The molecule has 0 aliphatic carbocycles. The Bertz CT molecular complexity index is 966. The summed E-state index contributed by atoms with van der Waals surface area (Å²) in [4.78, 5) is 43.8. The van der Waals surface area contributed by atoms with Crippen LogP contribution in [0.3, 0.4) is 0 Å². The number of esters is 1. The summed E-state index contributed by atoms with van der Waals surface area (Å²) in [6.45, 7) is 10.5. The van der Waals surface area contributed by atoms with Crippen LogP contribution in [0.15, 0.2) is 35.5 Å². The number of carbonyl (C=O) groups is 3. The molecule has 1 aromatic carbocycles. The fourth-order valence-corrected chi connectivity index (χ4v) is 4.31. The van der Waals surface area contributed by atoms with Gasteiger partial charge < -0.3 is 20.3 Å². The molecule has 1 fully saturated rings. The second-order valence-electron chi connectivity index (χ2n) is 9.49. The van der Waals surface area contributed by atoms with Gasteiger partial charge in [-0.05, 0) is 39.3 Å². The number of hydrogen-bond acceptors (Lipinski definition) is 5. The van der Waals surface area contributed by atoms with Crippen LogP contribution in [0, 0.1) is 0 Å². The summed E-state index contributed by atoms with van der Waals surface area (Å²) in [5, 5.41) is 6.33. The topological polar surface area (TPSA) is 94.2 Å². The standard InChI is InChI=1S/C24H34ClN5O4/c1-6-34-21(31)19-18(15-29-11-13-30(14-12-29)23(33)27-24(2,3)4)28(5)22(32)26-20(19)16-9-7-8-10-17(16)25/h7-10,20H,6,11-15H2,1-5H3,(H,26,32)(H,27,33). The normalized spacial score (nSPS) is 19.7. The lowest BCUT2D eigenvalue weighted by atomic mass is 9.94. The molecule has 4 amide bonds. The Kier molecular flexibility index (Phi) is 8.09. The number of likely N-dealkylation sites (N-methyl/N-ethyl adjacent to an activating group) is 1. The van der Waals surface area contributed by atoms with Crippen LogP contribution in [-0.4, -0.2) is 84.6 Å². The number of rotatable bonds is 5. The van der Waals surface area contributed by atoms with Crippen molar-refractivity contribution < 1.29 is 19.1 Å². The molecule has 34 heavy (non-hydrogen) atoms. The molecule has 3 rings (SSSR count). The van der Waals surface area contributed by atoms with Crippen LogP contribution in [0.4, 0.5) is 9.59 Å². The number of hydrogen-bond donors (Lipinski definition) is 2. The van der Waals surface area contributed by atoms with E-state index in [9.17, 15) is 14.4 Å². The average molecular weight is 492 g/mol. The summed E-state index contributed by atoms with van der Waals surface area (Å²) in [7, 11) is 1.64. The maximum absolute atomic E-state index is 13.1. The van der Waals surface area contributed by atoms with E-state index in [2.05, 4.69) is 15.5 Å². The molecule has 10 heteroatoms. The number of piperazine rings is 1. The molecule has 1 saturated heterocycles. The van der Waals surface area contributed by atoms with E-state index in [1.54, 1.807) is 37.1 Å². The van der Waals surface area contributed by atoms with Gasteiger partial charge in [0.15, 0.2) is 0 Å². The van der Waals surface area contributed by atoms with E-state index >= 15 is 0 Å². The molecule has 1 atom stereocenters. The van der Waals surface area contributed by atoms with E-state index in [4.69, 9.17) is 16.3 Å². The lowest BCUT2D eigenvalue weighted by Crippen LogP contribution is -2.56. The molecule has 1 aromatic rings. The van der Waals surface area contributed by atoms with Crippen LogP contribution in [0.2, 0.25) is 5.02 Å². The minimum atomic E-state index is -0.717. The Labute approximate surface area is 206 Å². The van der Waals surface area contributed by atoms with Gasteiger partial charge in [-0.15, -0.1) is 0 Å². The molecule has 0 saturated carbocycles. The van der Waals surface area contributed by atoms with Gasteiger partial charge in [-0.2, -0.15) is 0 Å². The number of nitrogens with zero attached hydrogens (tertiary/aromatic N) is 3. The van der Waals surface area contributed by atoms with Crippen molar-refractivity contribution in [1.82, 2.24) is 25.3 Å². The monoisotopic (exact) mass is 491 g/mol. The van der Waals surface area contributed by atoms with Crippen LogP contribution in [0.25, 0.3) is 0 Å². The molecule has 0 bridgehead atoms. The summed E-state index contributed by atoms with van der Waals surface area (Å²) in [6, 6.07) is 6.00. The van der Waals surface area contributed by atoms with E-state index in [1.807, 2.05) is 26.8 Å². The van der Waals surface area contributed by atoms with Crippen molar-refractivity contribution in [3.63, 3.8) is 0 Å². The van der Waals surface area contributed by atoms with E-state index in [-0.39, 0.29) is 24.2 Å². The molecular formula is C24H34ClN5O4. The summed E-state index contributed by atoms with van der Waals surface area (Å²) < 4.78 is 5.37. The van der Waals surface area contributed by atoms with Crippen LogP contribution in [0.5, 0.6) is 0 Å². The zero-order chi connectivity index (χ0) is 25.0. The molecule has 2 aliphatic heterocycles. The van der Waals surface area contributed by atoms with Gasteiger partial charge in [0.1, 0.15) is 0 Å². The second-order valence-corrected chi connectivity index (χ2v) is 9.89. The van der Waals surface area contributed by atoms with E-state index in [0.29, 0.717) is 54.6 Å². The van der Waals surface area contributed by atoms with Gasteiger partial charge in [-0.1, -0.05) is 29.8 Å². The molecule has 0 aromatic heterocycles. The molecule has 0 radical (unpaired) electrons. The number of halogens is 1. The smallest absolute Gasteiger partial charge is 0.338 e. The second kappa shape index (κ2) is 10.7. The van der Waals surface area contributed by atoms with Crippen molar-refractivity contribution in [2.75, 3.05) is 46.4 Å². The van der Waals surface area contributed by atoms with Gasteiger partial charge in [0.25, 0.3) is 0 Å².